The quantitative estimate of drug-likeness (QED) is 0.249. The number of carbonyl (C=O) groups excluding carboxylic acids is 2. The van der Waals surface area contributed by atoms with E-state index in [0.29, 0.717) is 34.9 Å². The lowest BCUT2D eigenvalue weighted by molar-refractivity contribution is -0.140. The van der Waals surface area contributed by atoms with Gasteiger partial charge in [0, 0.05) is 28.8 Å². The molecule has 1 heterocycles. The number of para-hydroxylation sites is 1. The van der Waals surface area contributed by atoms with Crippen LogP contribution < -0.4 is 4.74 Å². The minimum atomic E-state index is -0.493. The van der Waals surface area contributed by atoms with Crippen LogP contribution in [0.4, 0.5) is 0 Å². The summed E-state index contributed by atoms with van der Waals surface area (Å²) in [5, 5.41) is 0.666. The van der Waals surface area contributed by atoms with Crippen LogP contribution >= 0.6 is 11.6 Å². The van der Waals surface area contributed by atoms with Crippen molar-refractivity contribution < 1.29 is 19.1 Å². The summed E-state index contributed by atoms with van der Waals surface area (Å²) in [6, 6.07) is 25.1. The summed E-state index contributed by atoms with van der Waals surface area (Å²) in [4.78, 5) is 32.0. The molecular weight excluding hydrogens is 498 g/mol. The van der Waals surface area contributed by atoms with Gasteiger partial charge in [0.25, 0.3) is 0 Å². The molecule has 0 N–H and O–H groups in total. The molecule has 0 spiro atoms. The number of hydrogen-bond acceptors (Lipinski definition) is 5. The monoisotopic (exact) mass is 527 g/mol. The number of ketones is 1. The predicted molar refractivity (Wildman–Crippen MR) is 149 cm³/mol. The van der Waals surface area contributed by atoms with Crippen LogP contribution in [0, 0.1) is 12.8 Å². The molecule has 0 saturated heterocycles. The number of aliphatic imine (C=N–C) groups is 1. The molecule has 38 heavy (non-hydrogen) atoms. The molecule has 0 amide bonds. The van der Waals surface area contributed by atoms with Gasteiger partial charge in [0.2, 0.25) is 0 Å². The molecule has 5 nitrogen and oxygen atoms in total. The Hall–Kier alpha value is -3.70. The third-order valence-corrected chi connectivity index (χ3v) is 7.53. The highest BCUT2D eigenvalue weighted by Gasteiger charge is 2.46. The number of esters is 1. The highest BCUT2D eigenvalue weighted by atomic mass is 35.5. The Morgan fingerprint density at radius 1 is 0.868 bits per heavy atom. The molecular formula is C32H30ClNO4. The summed E-state index contributed by atoms with van der Waals surface area (Å²) in [7, 11) is 0. The van der Waals surface area contributed by atoms with Crippen LogP contribution in [0.2, 0.25) is 5.02 Å². The van der Waals surface area contributed by atoms with Crippen molar-refractivity contribution in [1.82, 2.24) is 0 Å². The first kappa shape index (κ1) is 25.9. The molecule has 3 atom stereocenters. The molecule has 1 aliphatic carbocycles. The fourth-order valence-electron chi connectivity index (χ4n) is 5.43. The number of allylic oxidation sites excluding steroid dienone is 1. The minimum absolute atomic E-state index is 0.0323. The van der Waals surface area contributed by atoms with E-state index in [1.807, 2.05) is 92.7 Å². The highest BCUT2D eigenvalue weighted by molar-refractivity contribution is 6.30. The molecule has 0 bridgehead atoms. The van der Waals surface area contributed by atoms with E-state index in [1.54, 1.807) is 0 Å². The van der Waals surface area contributed by atoms with E-state index in [1.165, 1.54) is 0 Å². The van der Waals surface area contributed by atoms with Crippen LogP contribution in [-0.2, 0) is 14.3 Å². The SMILES string of the molecule is CC1=C(C(=O)OCCOc2ccccc2)[C@H](c2ccc(C)cc2)C2C(=O)C[C@@H](c3ccc(Cl)cc3)CC2=N1. The van der Waals surface area contributed by atoms with Gasteiger partial charge in [-0.25, -0.2) is 4.79 Å². The molecule has 1 aliphatic heterocycles. The first-order chi connectivity index (χ1) is 18.4. The van der Waals surface area contributed by atoms with Crippen molar-refractivity contribution in [2.24, 2.45) is 10.9 Å². The van der Waals surface area contributed by atoms with Gasteiger partial charge in [-0.05, 0) is 61.6 Å². The van der Waals surface area contributed by atoms with Gasteiger partial charge in [-0.2, -0.15) is 0 Å². The lowest BCUT2D eigenvalue weighted by Crippen LogP contribution is -2.41. The van der Waals surface area contributed by atoms with Gasteiger partial charge >= 0.3 is 5.97 Å². The first-order valence-electron chi connectivity index (χ1n) is 12.9. The minimum Gasteiger partial charge on any atom is -0.490 e. The second kappa shape index (κ2) is 11.4. The average molecular weight is 528 g/mol. The van der Waals surface area contributed by atoms with Crippen molar-refractivity contribution in [3.05, 3.63) is 112 Å². The van der Waals surface area contributed by atoms with Gasteiger partial charge in [-0.15, -0.1) is 0 Å². The highest BCUT2D eigenvalue weighted by Crippen LogP contribution is 2.46. The number of fused-ring (bicyclic) bond motifs is 1. The van der Waals surface area contributed by atoms with E-state index in [0.717, 1.165) is 22.4 Å². The molecule has 0 aromatic heterocycles. The smallest absolute Gasteiger partial charge is 0.336 e. The lowest BCUT2D eigenvalue weighted by Gasteiger charge is -2.38. The number of Topliss-reactive ketones (excluding diaryl/α,β-unsaturated/α-hetero) is 1. The van der Waals surface area contributed by atoms with Crippen LogP contribution in [0.25, 0.3) is 0 Å². The van der Waals surface area contributed by atoms with Gasteiger partial charge in [-0.1, -0.05) is 71.8 Å². The number of hydrogen-bond donors (Lipinski definition) is 0. The van der Waals surface area contributed by atoms with Gasteiger partial charge in [-0.3, -0.25) is 9.79 Å². The maximum absolute atomic E-state index is 13.7. The summed E-state index contributed by atoms with van der Waals surface area (Å²) >= 11 is 6.08. The number of ether oxygens (including phenoxy) is 2. The maximum atomic E-state index is 13.7. The summed E-state index contributed by atoms with van der Waals surface area (Å²) in [5.74, 6) is -0.556. The second-order valence-corrected chi connectivity index (χ2v) is 10.3. The maximum Gasteiger partial charge on any atom is 0.336 e. The number of nitrogens with zero attached hydrogens (tertiary/aromatic N) is 1. The molecule has 5 rings (SSSR count). The van der Waals surface area contributed by atoms with Gasteiger partial charge in [0.1, 0.15) is 24.7 Å². The van der Waals surface area contributed by atoms with Crippen molar-refractivity contribution in [2.75, 3.05) is 13.2 Å². The molecule has 1 saturated carbocycles. The second-order valence-electron chi connectivity index (χ2n) is 9.89. The van der Waals surface area contributed by atoms with Crippen molar-refractivity contribution in [2.45, 2.75) is 38.5 Å². The first-order valence-corrected chi connectivity index (χ1v) is 13.3. The molecule has 0 radical (unpaired) electrons. The van der Waals surface area contributed by atoms with Crippen molar-refractivity contribution >= 4 is 29.1 Å². The van der Waals surface area contributed by atoms with Crippen LogP contribution in [-0.4, -0.2) is 30.7 Å². The topological polar surface area (TPSA) is 65.0 Å². The molecule has 2 aliphatic rings. The van der Waals surface area contributed by atoms with Crippen molar-refractivity contribution in [3.63, 3.8) is 0 Å². The normalized spacial score (nSPS) is 21.0. The van der Waals surface area contributed by atoms with E-state index in [9.17, 15) is 9.59 Å². The van der Waals surface area contributed by atoms with Crippen LogP contribution in [0.15, 0.2) is 95.1 Å². The molecule has 6 heteroatoms. The Kier molecular flexibility index (Phi) is 7.75. The molecule has 194 valence electrons. The van der Waals surface area contributed by atoms with Gasteiger partial charge < -0.3 is 9.47 Å². The number of rotatable bonds is 7. The third kappa shape index (κ3) is 5.58. The zero-order valence-electron chi connectivity index (χ0n) is 21.5. The zero-order valence-corrected chi connectivity index (χ0v) is 22.3. The van der Waals surface area contributed by atoms with E-state index in [-0.39, 0.29) is 24.9 Å². The Labute approximate surface area is 228 Å². The van der Waals surface area contributed by atoms with Gasteiger partial charge in [0.15, 0.2) is 0 Å². The van der Waals surface area contributed by atoms with Crippen molar-refractivity contribution in [3.8, 4) is 5.75 Å². The summed E-state index contributed by atoms with van der Waals surface area (Å²) < 4.78 is 11.3. The largest absolute Gasteiger partial charge is 0.490 e. The standard InChI is InChI=1S/C32H30ClNO4/c1-20-8-10-23(11-9-20)30-29(32(36)38-17-16-37-26-6-4-3-5-7-26)21(2)34-27-18-24(19-28(35)31(27)30)22-12-14-25(33)15-13-22/h3-15,24,30-31H,16-19H2,1-2H3/t24-,30-,31?/m0/s1. The predicted octanol–water partition coefficient (Wildman–Crippen LogP) is 6.85. The van der Waals surface area contributed by atoms with Crippen molar-refractivity contribution in [1.29, 1.82) is 0 Å². The average Bonchev–Trinajstić information content (AvgIpc) is 2.91. The van der Waals surface area contributed by atoms with Crippen LogP contribution in [0.3, 0.4) is 0 Å². The molecule has 1 fully saturated rings. The molecule has 3 aromatic rings. The lowest BCUT2D eigenvalue weighted by atomic mass is 9.66. The number of aryl methyl sites for hydroxylation is 1. The molecule has 3 aromatic carbocycles. The van der Waals surface area contributed by atoms with E-state index < -0.39 is 17.8 Å². The van der Waals surface area contributed by atoms with Gasteiger partial charge in [0.05, 0.1) is 11.5 Å². The Bertz CT molecular complexity index is 1380. The summed E-state index contributed by atoms with van der Waals surface area (Å²) in [6.45, 7) is 4.18. The Balaban J connectivity index is 1.42. The fourth-order valence-corrected chi connectivity index (χ4v) is 5.56. The number of carbonyl (C=O) groups is 2. The summed E-state index contributed by atoms with van der Waals surface area (Å²) in [6.07, 6.45) is 1.05. The van der Waals surface area contributed by atoms with E-state index >= 15 is 0 Å². The van der Waals surface area contributed by atoms with Crippen LogP contribution in [0.5, 0.6) is 5.75 Å². The fraction of sp³-hybridized carbons (Fsp3) is 0.281. The molecule has 1 unspecified atom stereocenters. The zero-order chi connectivity index (χ0) is 26.6. The number of halogens is 1. The van der Waals surface area contributed by atoms with E-state index in [4.69, 9.17) is 26.1 Å². The van der Waals surface area contributed by atoms with E-state index in [2.05, 4.69) is 0 Å². The third-order valence-electron chi connectivity index (χ3n) is 7.28. The Morgan fingerprint density at radius 2 is 1.55 bits per heavy atom. The Morgan fingerprint density at radius 3 is 2.26 bits per heavy atom. The number of benzene rings is 3. The van der Waals surface area contributed by atoms with Crippen LogP contribution in [0.1, 0.15) is 48.3 Å². The summed E-state index contributed by atoms with van der Waals surface area (Å²) in [5.41, 5.74) is 4.97.